The van der Waals surface area contributed by atoms with Gasteiger partial charge >= 0.3 is 11.9 Å². The molecule has 2 aliphatic rings. The minimum atomic E-state index is -1.94. The molecule has 20 unspecified atom stereocenters. The second-order valence-corrected chi connectivity index (χ2v) is 20.0. The van der Waals surface area contributed by atoms with Gasteiger partial charge in [0.05, 0.1) is 32.0 Å². The van der Waals surface area contributed by atoms with Gasteiger partial charge in [0.1, 0.15) is 97.1 Å². The Labute approximate surface area is 480 Å². The number of nitrogens with two attached hydrogens (primary N) is 1. The highest BCUT2D eigenvalue weighted by Crippen LogP contribution is 2.31. The summed E-state index contributed by atoms with van der Waals surface area (Å²) in [4.78, 5) is 152. The lowest BCUT2D eigenvalue weighted by Crippen LogP contribution is -2.70. The summed E-state index contributed by atoms with van der Waals surface area (Å²) < 4.78 is 23.2. The Morgan fingerprint density at radius 2 is 1.11 bits per heavy atom. The van der Waals surface area contributed by atoms with Crippen molar-refractivity contribution >= 4 is 71.0 Å². The Morgan fingerprint density at radius 3 is 1.62 bits per heavy atom. The molecule has 0 saturated carbocycles. The van der Waals surface area contributed by atoms with Gasteiger partial charge in [-0.15, -0.1) is 0 Å². The molecule has 21 N–H and O–H groups in total. The monoisotopic (exact) mass is 1210 g/mol. The third kappa shape index (κ3) is 22.6. The number of carbonyl (C=O) groups is 12. The third-order valence-electron chi connectivity index (χ3n) is 12.9. The van der Waals surface area contributed by atoms with Gasteiger partial charge in [-0.3, -0.25) is 52.7 Å². The van der Waals surface area contributed by atoms with Gasteiger partial charge in [0, 0.05) is 26.8 Å². The molecule has 10 amide bonds. The van der Waals surface area contributed by atoms with Gasteiger partial charge in [0.25, 0.3) is 0 Å². The lowest BCUT2D eigenvalue weighted by molar-refractivity contribution is -0.333. The lowest BCUT2D eigenvalue weighted by atomic mass is 9.94. The van der Waals surface area contributed by atoms with Crippen LogP contribution in [0.1, 0.15) is 81.1 Å². The highest BCUT2D eigenvalue weighted by atomic mass is 16.7. The van der Waals surface area contributed by atoms with E-state index < -0.39 is 226 Å². The highest BCUT2D eigenvalue weighted by molar-refractivity contribution is 5.95. The van der Waals surface area contributed by atoms with Crippen LogP contribution < -0.4 is 58.9 Å². The number of aliphatic carboxylic acids is 2. The fraction of sp³-hybridized carbons (Fsp3) is 0.750. The summed E-state index contributed by atoms with van der Waals surface area (Å²) in [6.07, 6.45) is -18.4. The molecule has 2 aliphatic heterocycles. The van der Waals surface area contributed by atoms with Gasteiger partial charge in [-0.25, -0.2) is 4.79 Å². The molecule has 2 rings (SSSR count). The van der Waals surface area contributed by atoms with Crippen molar-refractivity contribution in [3.8, 4) is 0 Å². The van der Waals surface area contributed by atoms with Crippen molar-refractivity contribution in [2.24, 2.45) is 5.73 Å². The quantitative estimate of drug-likeness (QED) is 0.0271. The van der Waals surface area contributed by atoms with Gasteiger partial charge in [-0.2, -0.15) is 0 Å². The third-order valence-corrected chi connectivity index (χ3v) is 12.9. The molecule has 0 radical (unpaired) electrons. The number of carbonyl (C=O) groups excluding carboxylic acids is 10. The number of aliphatic hydroxyl groups excluding tert-OH is 7. The number of carboxylic acid groups (broad SMARTS) is 2. The number of hydrogen-bond donors (Lipinski definition) is 20. The standard InChI is InChI=1S/C48H81N11O25/c1-17(49)38(69)59-31(21(5)63)44(75)52-19(3)40(71)58-27(14-60)42(73)50-13-9-10-25(43(74)53-20(4)45(76)77)56-30(66)12-11-26(46(78)79)57-39(70)18(2)51-41(72)22(6)81-37-33(55-24(8)65)47(80)82-29(16-62)36(37)84-48-32(54-23(7)64)35(68)34(67)28(15-61)83-48/h17-22,25-29,31-37,47-48,60-63,67-68,80H,9-16,49H2,1-8H3,(H,50,73)(H,51,72)(H,52,75)(H,53,74)(H,54,64)(H,55,65)(H,56,66)(H,57,70)(H,58,71)(H,59,69)(H,76,77)(H,78,79). The number of nitrogens with one attached hydrogen (secondary N) is 10. The molecule has 2 saturated heterocycles. The van der Waals surface area contributed by atoms with Crippen molar-refractivity contribution in [3.05, 3.63) is 0 Å². The predicted octanol–water partition coefficient (Wildman–Crippen LogP) is -10.7. The van der Waals surface area contributed by atoms with E-state index in [1.54, 1.807) is 0 Å². The summed E-state index contributed by atoms with van der Waals surface area (Å²) in [6.45, 7) is 6.26. The van der Waals surface area contributed by atoms with Gasteiger partial charge < -0.3 is 124 Å². The normalized spacial score (nSPS) is 25.7. The van der Waals surface area contributed by atoms with E-state index in [9.17, 15) is 103 Å². The minimum Gasteiger partial charge on any atom is -0.480 e. The number of hydrogen-bond acceptors (Lipinski definition) is 24. The molecular weight excluding hydrogens is 1130 g/mol. The maximum atomic E-state index is 13.6. The molecule has 84 heavy (non-hydrogen) atoms. The summed E-state index contributed by atoms with van der Waals surface area (Å²) in [5.41, 5.74) is 5.50. The van der Waals surface area contributed by atoms with Gasteiger partial charge in [0.2, 0.25) is 59.1 Å². The molecule has 36 heteroatoms. The first-order valence-electron chi connectivity index (χ1n) is 26.5. The van der Waals surface area contributed by atoms with Gasteiger partial charge in [0.15, 0.2) is 12.6 Å². The molecule has 0 aliphatic carbocycles. The SMILES string of the molecule is CC(=O)NC1C(OC2C(CO)OC(O)C(NC(C)=O)C2OC(C)C(=O)NC(C)C(=O)NC(CCC(=O)NC(CCCNC(=O)C(CO)NC(=O)C(C)NC(=O)C(NC(=O)C(C)N)C(C)O)C(=O)NC(C)C(=O)O)C(=O)O)OC(CO)C(O)C1O. The maximum absolute atomic E-state index is 13.6. The van der Waals surface area contributed by atoms with E-state index in [1.807, 2.05) is 0 Å². The molecule has 36 nitrogen and oxygen atoms in total. The Bertz CT molecular complexity index is 2300. The fourth-order valence-electron chi connectivity index (χ4n) is 8.15. The van der Waals surface area contributed by atoms with Crippen LogP contribution in [0, 0.1) is 0 Å². The van der Waals surface area contributed by atoms with Crippen LogP contribution in [0.2, 0.25) is 0 Å². The molecule has 478 valence electrons. The van der Waals surface area contributed by atoms with Crippen LogP contribution >= 0.6 is 0 Å². The Balaban J connectivity index is 2.15. The van der Waals surface area contributed by atoms with E-state index in [-0.39, 0.29) is 19.4 Å². The van der Waals surface area contributed by atoms with E-state index in [2.05, 4.69) is 53.2 Å². The Morgan fingerprint density at radius 1 is 0.560 bits per heavy atom. The number of rotatable bonds is 33. The fourth-order valence-corrected chi connectivity index (χ4v) is 8.15. The van der Waals surface area contributed by atoms with Crippen LogP contribution in [0.5, 0.6) is 0 Å². The van der Waals surface area contributed by atoms with E-state index in [0.29, 0.717) is 0 Å². The van der Waals surface area contributed by atoms with Gasteiger partial charge in [-0.1, -0.05) is 0 Å². The molecule has 2 heterocycles. The second kappa shape index (κ2) is 34.8. The molecule has 2 fully saturated rings. The molecule has 0 aromatic rings. The van der Waals surface area contributed by atoms with E-state index in [4.69, 9.17) is 24.7 Å². The summed E-state index contributed by atoms with van der Waals surface area (Å²) in [5, 5.41) is 114. The molecule has 0 aromatic heterocycles. The number of carboxylic acids is 2. The lowest BCUT2D eigenvalue weighted by Gasteiger charge is -2.48. The molecule has 0 bridgehead atoms. The largest absolute Gasteiger partial charge is 0.480 e. The highest BCUT2D eigenvalue weighted by Gasteiger charge is 2.53. The first-order valence-corrected chi connectivity index (χ1v) is 26.5. The number of amides is 10. The predicted molar refractivity (Wildman–Crippen MR) is 280 cm³/mol. The van der Waals surface area contributed by atoms with Crippen LogP contribution in [0.25, 0.3) is 0 Å². The van der Waals surface area contributed by atoms with Crippen molar-refractivity contribution in [2.75, 3.05) is 26.4 Å². The average Bonchev–Trinajstić information content (AvgIpc) is 3.41. The van der Waals surface area contributed by atoms with Crippen LogP contribution in [0.3, 0.4) is 0 Å². The van der Waals surface area contributed by atoms with Gasteiger partial charge in [-0.05, 0) is 60.8 Å². The van der Waals surface area contributed by atoms with Crippen LogP contribution in [0.15, 0.2) is 0 Å². The van der Waals surface area contributed by atoms with Crippen molar-refractivity contribution in [1.29, 1.82) is 0 Å². The van der Waals surface area contributed by atoms with E-state index in [1.165, 1.54) is 20.8 Å². The Kier molecular flexibility index (Phi) is 30.4. The first kappa shape index (κ1) is 73.3. The summed E-state index contributed by atoms with van der Waals surface area (Å²) in [6, 6.07) is -15.0. The van der Waals surface area contributed by atoms with Crippen molar-refractivity contribution in [2.45, 2.75) is 203 Å². The average molecular weight is 1210 g/mol. The zero-order valence-electron chi connectivity index (χ0n) is 47.3. The molecule has 20 atom stereocenters. The van der Waals surface area contributed by atoms with Crippen LogP contribution in [-0.4, -0.2) is 265 Å². The first-order chi connectivity index (χ1) is 39.2. The molecular formula is C48H81N11O25. The zero-order chi connectivity index (χ0) is 64.0. The molecule has 0 aromatic carbocycles. The van der Waals surface area contributed by atoms with Crippen molar-refractivity contribution in [1.82, 2.24) is 53.2 Å². The van der Waals surface area contributed by atoms with E-state index >= 15 is 0 Å². The smallest absolute Gasteiger partial charge is 0.326 e. The van der Waals surface area contributed by atoms with E-state index in [0.717, 1.165) is 34.6 Å². The summed E-state index contributed by atoms with van der Waals surface area (Å²) >= 11 is 0. The van der Waals surface area contributed by atoms with Crippen LogP contribution in [0.4, 0.5) is 0 Å². The second-order valence-electron chi connectivity index (χ2n) is 20.0. The van der Waals surface area contributed by atoms with Crippen molar-refractivity contribution in [3.63, 3.8) is 0 Å². The summed E-state index contributed by atoms with van der Waals surface area (Å²) in [7, 11) is 0. The number of ether oxygens (including phenoxy) is 4. The summed E-state index contributed by atoms with van der Waals surface area (Å²) in [5.74, 6) is -12.4. The van der Waals surface area contributed by atoms with Crippen LogP contribution in [-0.2, 0) is 76.5 Å². The zero-order valence-corrected chi connectivity index (χ0v) is 47.3. The minimum absolute atomic E-state index is 0.123. The molecule has 0 spiro atoms. The number of aliphatic hydroxyl groups is 7. The Hall–Kier alpha value is -6.84. The van der Waals surface area contributed by atoms with Crippen molar-refractivity contribution < 1.29 is 122 Å². The maximum Gasteiger partial charge on any atom is 0.326 e. The topological polar surface area (TPSA) is 570 Å².